The molecule has 0 saturated carbocycles. The molecule has 2 aromatic carbocycles. The van der Waals surface area contributed by atoms with E-state index < -0.39 is 20.2 Å². The van der Waals surface area contributed by atoms with Gasteiger partial charge in [0.25, 0.3) is 20.2 Å². The molecule has 0 unspecified atom stereocenters. The SMILES string of the molecule is C=CCCC1(COS(=O)(=O)c2ccc(C)cc2)CCOCC1.C=CCCC1(COS(=O)(=O)c2ccc(C)cc2)CCOCC1. The van der Waals surface area contributed by atoms with Crippen molar-refractivity contribution in [2.24, 2.45) is 10.8 Å². The zero-order chi connectivity index (χ0) is 32.1. The van der Waals surface area contributed by atoms with Gasteiger partial charge in [0.2, 0.25) is 0 Å². The number of benzene rings is 2. The van der Waals surface area contributed by atoms with Gasteiger partial charge in [-0.1, -0.05) is 47.5 Å². The lowest BCUT2D eigenvalue weighted by molar-refractivity contribution is -0.0129. The second-order valence-electron chi connectivity index (χ2n) is 11.9. The van der Waals surface area contributed by atoms with Gasteiger partial charge in [-0.15, -0.1) is 13.2 Å². The highest BCUT2D eigenvalue weighted by Gasteiger charge is 2.35. The summed E-state index contributed by atoms with van der Waals surface area (Å²) in [6.45, 7) is 14.4. The van der Waals surface area contributed by atoms with Gasteiger partial charge in [0.05, 0.1) is 23.0 Å². The average Bonchev–Trinajstić information content (AvgIpc) is 3.03. The molecular weight excluding hydrogens is 601 g/mol. The van der Waals surface area contributed by atoms with Crippen LogP contribution in [0.25, 0.3) is 0 Å². The van der Waals surface area contributed by atoms with Crippen molar-refractivity contribution in [2.75, 3.05) is 39.6 Å². The van der Waals surface area contributed by atoms with Crippen LogP contribution in [0.3, 0.4) is 0 Å². The van der Waals surface area contributed by atoms with Gasteiger partial charge in [0.1, 0.15) is 0 Å². The van der Waals surface area contributed by atoms with Crippen LogP contribution in [0.1, 0.15) is 62.5 Å². The molecule has 0 radical (unpaired) electrons. The Kier molecular flexibility index (Phi) is 13.8. The summed E-state index contributed by atoms with van der Waals surface area (Å²) in [4.78, 5) is 0.424. The van der Waals surface area contributed by atoms with Crippen LogP contribution in [-0.2, 0) is 38.1 Å². The predicted molar refractivity (Wildman–Crippen MR) is 172 cm³/mol. The van der Waals surface area contributed by atoms with E-state index in [0.29, 0.717) is 26.4 Å². The van der Waals surface area contributed by atoms with Crippen LogP contribution < -0.4 is 0 Å². The lowest BCUT2D eigenvalue weighted by atomic mass is 9.77. The molecule has 0 spiro atoms. The quantitative estimate of drug-likeness (QED) is 0.161. The van der Waals surface area contributed by atoms with Gasteiger partial charge in [-0.05, 0) is 100 Å². The van der Waals surface area contributed by atoms with Gasteiger partial charge >= 0.3 is 0 Å². The first kappa shape index (κ1) is 36.1. The fraction of sp³-hybridized carbons (Fsp3) is 0.529. The molecule has 2 aromatic rings. The van der Waals surface area contributed by atoms with Crippen molar-refractivity contribution in [2.45, 2.75) is 75.0 Å². The molecule has 8 nitrogen and oxygen atoms in total. The average molecular weight is 649 g/mol. The fourth-order valence-electron chi connectivity index (χ4n) is 5.31. The molecule has 0 bridgehead atoms. The lowest BCUT2D eigenvalue weighted by Gasteiger charge is -2.36. The zero-order valence-electron chi connectivity index (χ0n) is 26.2. The van der Waals surface area contributed by atoms with Crippen LogP contribution in [0.15, 0.2) is 83.6 Å². The normalized spacial score (nSPS) is 18.0. The van der Waals surface area contributed by atoms with Crippen LogP contribution in [0.2, 0.25) is 0 Å². The van der Waals surface area contributed by atoms with E-state index in [0.717, 1.165) is 62.5 Å². The Morgan fingerprint density at radius 3 is 1.25 bits per heavy atom. The second-order valence-corrected chi connectivity index (χ2v) is 15.2. The standard InChI is InChI=1S/2C17H24O4S/c2*1-3-4-9-17(10-12-20-13-11-17)14-21-22(18,19)16-7-5-15(2)6-8-16/h2*3,5-8H,1,4,9-14H2,2H3. The van der Waals surface area contributed by atoms with E-state index in [9.17, 15) is 16.8 Å². The molecule has 2 saturated heterocycles. The molecule has 0 aliphatic carbocycles. The number of hydrogen-bond acceptors (Lipinski definition) is 8. The molecule has 2 heterocycles. The first-order valence-corrected chi connectivity index (χ1v) is 18.1. The fourth-order valence-corrected chi connectivity index (χ4v) is 7.33. The van der Waals surface area contributed by atoms with E-state index in [-0.39, 0.29) is 33.8 Å². The summed E-state index contributed by atoms with van der Waals surface area (Å²) >= 11 is 0. The van der Waals surface area contributed by atoms with E-state index in [1.165, 1.54) is 0 Å². The number of allylic oxidation sites excluding steroid dienone is 2. The summed E-state index contributed by atoms with van der Waals surface area (Å²) in [5.74, 6) is 0. The number of rotatable bonds is 14. The Morgan fingerprint density at radius 2 is 0.955 bits per heavy atom. The minimum Gasteiger partial charge on any atom is -0.381 e. The molecule has 0 atom stereocenters. The van der Waals surface area contributed by atoms with Crippen molar-refractivity contribution in [1.29, 1.82) is 0 Å². The molecule has 0 aromatic heterocycles. The molecule has 0 amide bonds. The third-order valence-corrected chi connectivity index (χ3v) is 11.1. The molecule has 2 aliphatic heterocycles. The summed E-state index contributed by atoms with van der Waals surface area (Å²) in [6, 6.07) is 13.5. The molecule has 0 N–H and O–H groups in total. The third-order valence-electron chi connectivity index (χ3n) is 8.52. The molecule has 2 fully saturated rings. The van der Waals surface area contributed by atoms with Crippen LogP contribution in [0.4, 0.5) is 0 Å². The predicted octanol–water partition coefficient (Wildman–Crippen LogP) is 6.93. The lowest BCUT2D eigenvalue weighted by Crippen LogP contribution is -2.35. The smallest absolute Gasteiger partial charge is 0.296 e. The Morgan fingerprint density at radius 1 is 0.636 bits per heavy atom. The topological polar surface area (TPSA) is 105 Å². The maximum Gasteiger partial charge on any atom is 0.296 e. The van der Waals surface area contributed by atoms with E-state index in [1.54, 1.807) is 48.5 Å². The minimum absolute atomic E-state index is 0.135. The van der Waals surface area contributed by atoms with E-state index in [1.807, 2.05) is 26.0 Å². The third kappa shape index (κ3) is 10.9. The Bertz CT molecular complexity index is 1280. The number of aryl methyl sites for hydroxylation is 2. The summed E-state index contributed by atoms with van der Waals surface area (Å²) < 4.78 is 70.9. The second kappa shape index (κ2) is 16.8. The highest BCUT2D eigenvalue weighted by molar-refractivity contribution is 7.87. The Labute approximate surface area is 264 Å². The van der Waals surface area contributed by atoms with Gasteiger partial charge in [-0.2, -0.15) is 16.8 Å². The molecule has 244 valence electrons. The zero-order valence-corrected chi connectivity index (χ0v) is 27.8. The van der Waals surface area contributed by atoms with E-state index >= 15 is 0 Å². The van der Waals surface area contributed by atoms with E-state index in [2.05, 4.69) is 13.2 Å². The highest BCUT2D eigenvalue weighted by Crippen LogP contribution is 2.38. The van der Waals surface area contributed by atoms with Gasteiger partial charge in [0, 0.05) is 26.4 Å². The van der Waals surface area contributed by atoms with Gasteiger partial charge in [-0.25, -0.2) is 0 Å². The number of ether oxygens (including phenoxy) is 2. The molecular formula is C34H48O8S2. The summed E-state index contributed by atoms with van der Waals surface area (Å²) in [6.07, 6.45) is 10.5. The van der Waals surface area contributed by atoms with Crippen LogP contribution >= 0.6 is 0 Å². The highest BCUT2D eigenvalue weighted by atomic mass is 32.2. The molecule has 2 aliphatic rings. The maximum atomic E-state index is 12.3. The van der Waals surface area contributed by atoms with Crippen molar-refractivity contribution >= 4 is 20.2 Å². The van der Waals surface area contributed by atoms with Gasteiger partial charge in [-0.3, -0.25) is 8.37 Å². The van der Waals surface area contributed by atoms with E-state index in [4.69, 9.17) is 17.8 Å². The van der Waals surface area contributed by atoms with Crippen LogP contribution in [0.5, 0.6) is 0 Å². The van der Waals surface area contributed by atoms with Gasteiger partial charge in [0.15, 0.2) is 0 Å². The summed E-state index contributed by atoms with van der Waals surface area (Å²) in [5, 5.41) is 0. The van der Waals surface area contributed by atoms with Crippen molar-refractivity contribution in [3.63, 3.8) is 0 Å². The first-order chi connectivity index (χ1) is 20.9. The molecule has 4 rings (SSSR count). The monoisotopic (exact) mass is 648 g/mol. The largest absolute Gasteiger partial charge is 0.381 e. The Hall–Kier alpha value is -2.34. The Balaban J connectivity index is 0.000000240. The summed E-state index contributed by atoms with van der Waals surface area (Å²) in [5.41, 5.74) is 1.77. The van der Waals surface area contributed by atoms with Crippen molar-refractivity contribution in [1.82, 2.24) is 0 Å². The molecule has 10 heteroatoms. The summed E-state index contributed by atoms with van der Waals surface area (Å²) in [7, 11) is -7.41. The number of hydrogen-bond donors (Lipinski definition) is 0. The van der Waals surface area contributed by atoms with Crippen LogP contribution in [0, 0.1) is 24.7 Å². The van der Waals surface area contributed by atoms with Crippen molar-refractivity contribution in [3.8, 4) is 0 Å². The first-order valence-electron chi connectivity index (χ1n) is 15.2. The maximum absolute atomic E-state index is 12.3. The molecule has 44 heavy (non-hydrogen) atoms. The minimum atomic E-state index is -3.71. The van der Waals surface area contributed by atoms with Crippen molar-refractivity contribution in [3.05, 3.63) is 85.0 Å². The van der Waals surface area contributed by atoms with Crippen molar-refractivity contribution < 1.29 is 34.7 Å². The van der Waals surface area contributed by atoms with Crippen LogP contribution in [-0.4, -0.2) is 56.5 Å². The van der Waals surface area contributed by atoms with Gasteiger partial charge < -0.3 is 9.47 Å².